The maximum atomic E-state index is 12.9. The summed E-state index contributed by atoms with van der Waals surface area (Å²) in [4.78, 5) is 26.2. The van der Waals surface area contributed by atoms with Crippen LogP contribution in [0.2, 0.25) is 0 Å². The number of pyridine rings is 1. The van der Waals surface area contributed by atoms with E-state index in [0.717, 1.165) is 35.0 Å². The maximum absolute atomic E-state index is 12.9. The molecule has 28 heavy (non-hydrogen) atoms. The molecule has 0 bridgehead atoms. The van der Waals surface area contributed by atoms with Crippen molar-refractivity contribution in [2.75, 3.05) is 13.1 Å². The molecular weight excluding hydrogens is 374 g/mol. The number of hydrogen-bond donors (Lipinski definition) is 1. The van der Waals surface area contributed by atoms with E-state index < -0.39 is 0 Å². The van der Waals surface area contributed by atoms with Crippen molar-refractivity contribution in [1.82, 2.24) is 19.5 Å². The highest BCUT2D eigenvalue weighted by atomic mass is 32.2. The maximum Gasteiger partial charge on any atom is 0.235 e. The molecule has 1 fully saturated rings. The number of piperidine rings is 1. The van der Waals surface area contributed by atoms with Gasteiger partial charge in [-0.25, -0.2) is 0 Å². The van der Waals surface area contributed by atoms with Gasteiger partial charge in [0.15, 0.2) is 10.8 Å². The van der Waals surface area contributed by atoms with Crippen LogP contribution in [0.4, 0.5) is 0 Å². The van der Waals surface area contributed by atoms with Gasteiger partial charge in [-0.3, -0.25) is 14.0 Å². The molecule has 0 aliphatic carbocycles. The quantitative estimate of drug-likeness (QED) is 0.682. The van der Waals surface area contributed by atoms with Gasteiger partial charge in [0.1, 0.15) is 0 Å². The molecule has 1 aliphatic rings. The summed E-state index contributed by atoms with van der Waals surface area (Å²) in [7, 11) is 0. The molecule has 1 aliphatic heterocycles. The van der Waals surface area contributed by atoms with Crippen molar-refractivity contribution >= 4 is 40.1 Å². The molecule has 2 N–H and O–H groups in total. The fourth-order valence-electron chi connectivity index (χ4n) is 3.83. The van der Waals surface area contributed by atoms with Crippen LogP contribution in [0.3, 0.4) is 0 Å². The number of benzene rings is 1. The molecule has 4 rings (SSSR count). The Morgan fingerprint density at radius 1 is 1.29 bits per heavy atom. The summed E-state index contributed by atoms with van der Waals surface area (Å²) in [5.74, 6) is -0.581. The van der Waals surface area contributed by atoms with Gasteiger partial charge in [-0.1, -0.05) is 30.0 Å². The number of likely N-dealkylation sites (tertiary alicyclic amines) is 1. The second-order valence-corrected chi connectivity index (χ2v) is 8.61. The van der Waals surface area contributed by atoms with Crippen LogP contribution in [0.25, 0.3) is 16.6 Å². The van der Waals surface area contributed by atoms with E-state index in [4.69, 9.17) is 5.73 Å². The number of carbonyl (C=O) groups is 2. The number of nitrogens with zero attached hydrogens (tertiary/aromatic N) is 4. The Balaban J connectivity index is 1.60. The number of rotatable bonds is 4. The third-order valence-electron chi connectivity index (χ3n) is 5.34. The number of carbonyl (C=O) groups excluding carboxylic acids is 2. The van der Waals surface area contributed by atoms with Gasteiger partial charge < -0.3 is 10.6 Å². The first-order valence-electron chi connectivity index (χ1n) is 9.44. The number of aromatic nitrogens is 3. The fraction of sp³-hybridized carbons (Fsp3) is 0.400. The Morgan fingerprint density at radius 3 is 2.86 bits per heavy atom. The van der Waals surface area contributed by atoms with E-state index in [9.17, 15) is 9.59 Å². The Bertz CT molecular complexity index is 1060. The first-order chi connectivity index (χ1) is 13.5. The summed E-state index contributed by atoms with van der Waals surface area (Å²) in [5.41, 5.74) is 8.37. The molecule has 2 aromatic heterocycles. The standard InChI is InChI=1S/C20H23N5O2S/c1-12-10-17-22-23-20(25(17)16-8-4-3-7-15(12)16)28-13(2)19(27)24-9-5-6-14(11-24)18(21)26/h3-4,7-8,10,13-14H,5-6,9,11H2,1-2H3,(H2,21,26). The molecule has 2 amide bonds. The van der Waals surface area contributed by atoms with Crippen LogP contribution >= 0.6 is 11.8 Å². The monoisotopic (exact) mass is 397 g/mol. The fourth-order valence-corrected chi connectivity index (χ4v) is 4.78. The minimum atomic E-state index is -0.334. The third kappa shape index (κ3) is 3.32. The van der Waals surface area contributed by atoms with Crippen molar-refractivity contribution < 1.29 is 9.59 Å². The predicted molar refractivity (Wildman–Crippen MR) is 109 cm³/mol. The van der Waals surface area contributed by atoms with Crippen LogP contribution in [-0.4, -0.2) is 49.7 Å². The van der Waals surface area contributed by atoms with Crippen molar-refractivity contribution in [3.8, 4) is 0 Å². The minimum Gasteiger partial charge on any atom is -0.369 e. The molecule has 2 atom stereocenters. The van der Waals surface area contributed by atoms with Gasteiger partial charge >= 0.3 is 0 Å². The highest BCUT2D eigenvalue weighted by molar-refractivity contribution is 8.00. The van der Waals surface area contributed by atoms with Crippen molar-refractivity contribution in [3.05, 3.63) is 35.9 Å². The van der Waals surface area contributed by atoms with E-state index in [1.807, 2.05) is 35.6 Å². The smallest absolute Gasteiger partial charge is 0.235 e. The minimum absolute atomic E-state index is 0.00381. The molecule has 1 aromatic carbocycles. The largest absolute Gasteiger partial charge is 0.369 e. The van der Waals surface area contributed by atoms with Crippen molar-refractivity contribution in [3.63, 3.8) is 0 Å². The lowest BCUT2D eigenvalue weighted by Crippen LogP contribution is -2.46. The molecular formula is C20H23N5O2S. The molecule has 0 spiro atoms. The first-order valence-corrected chi connectivity index (χ1v) is 10.3. The summed E-state index contributed by atoms with van der Waals surface area (Å²) >= 11 is 1.39. The molecule has 0 saturated carbocycles. The molecule has 8 heteroatoms. The first kappa shape index (κ1) is 18.7. The summed E-state index contributed by atoms with van der Waals surface area (Å²) in [6.07, 6.45) is 1.55. The number of thioether (sulfide) groups is 1. The van der Waals surface area contributed by atoms with Crippen molar-refractivity contribution in [2.24, 2.45) is 11.7 Å². The van der Waals surface area contributed by atoms with Gasteiger partial charge in [0, 0.05) is 18.5 Å². The van der Waals surface area contributed by atoms with Crippen LogP contribution in [0.15, 0.2) is 35.5 Å². The van der Waals surface area contributed by atoms with Gasteiger partial charge in [0.2, 0.25) is 11.8 Å². The molecule has 7 nitrogen and oxygen atoms in total. The molecule has 3 aromatic rings. The van der Waals surface area contributed by atoms with Crippen LogP contribution in [-0.2, 0) is 9.59 Å². The number of hydrogen-bond acceptors (Lipinski definition) is 5. The highest BCUT2D eigenvalue weighted by Crippen LogP contribution is 2.29. The number of amides is 2. The van der Waals surface area contributed by atoms with Gasteiger partial charge in [-0.05, 0) is 44.4 Å². The molecule has 0 radical (unpaired) electrons. The highest BCUT2D eigenvalue weighted by Gasteiger charge is 2.30. The van der Waals surface area contributed by atoms with Crippen LogP contribution in [0.5, 0.6) is 0 Å². The van der Waals surface area contributed by atoms with E-state index >= 15 is 0 Å². The van der Waals surface area contributed by atoms with Gasteiger partial charge in [-0.15, -0.1) is 10.2 Å². The molecule has 3 heterocycles. The summed E-state index contributed by atoms with van der Waals surface area (Å²) in [5, 5.41) is 10.1. The number of fused-ring (bicyclic) bond motifs is 3. The average molecular weight is 398 g/mol. The number of para-hydroxylation sites is 1. The Morgan fingerprint density at radius 2 is 2.07 bits per heavy atom. The second-order valence-electron chi connectivity index (χ2n) is 7.31. The Hall–Kier alpha value is -2.61. The van der Waals surface area contributed by atoms with Crippen LogP contribution in [0.1, 0.15) is 25.3 Å². The number of aryl methyl sites for hydroxylation is 1. The van der Waals surface area contributed by atoms with Crippen LogP contribution in [0, 0.1) is 12.8 Å². The predicted octanol–water partition coefficient (Wildman–Crippen LogP) is 2.40. The van der Waals surface area contributed by atoms with Crippen molar-refractivity contribution in [1.29, 1.82) is 0 Å². The number of nitrogens with two attached hydrogens (primary N) is 1. The van der Waals surface area contributed by atoms with E-state index in [-0.39, 0.29) is 23.0 Å². The average Bonchev–Trinajstić information content (AvgIpc) is 3.10. The zero-order valence-corrected chi connectivity index (χ0v) is 16.8. The Kier molecular flexibility index (Phi) is 4.97. The van der Waals surface area contributed by atoms with Crippen LogP contribution < -0.4 is 5.73 Å². The third-order valence-corrected chi connectivity index (χ3v) is 6.37. The molecule has 146 valence electrons. The van der Waals surface area contributed by atoms with Gasteiger partial charge in [-0.2, -0.15) is 0 Å². The van der Waals surface area contributed by atoms with Crippen molar-refractivity contribution in [2.45, 2.75) is 37.1 Å². The number of primary amides is 1. The summed E-state index contributed by atoms with van der Waals surface area (Å²) in [6, 6.07) is 10.1. The SMILES string of the molecule is Cc1cc2nnc(SC(C)C(=O)N3CCCC(C(N)=O)C3)n2c2ccccc12. The zero-order valence-electron chi connectivity index (χ0n) is 16.0. The topological polar surface area (TPSA) is 93.6 Å². The summed E-state index contributed by atoms with van der Waals surface area (Å²) < 4.78 is 2.00. The lowest BCUT2D eigenvalue weighted by Gasteiger charge is -2.32. The zero-order chi connectivity index (χ0) is 19.8. The Labute approximate surface area is 167 Å². The van der Waals surface area contributed by atoms with E-state index in [1.54, 1.807) is 4.90 Å². The van der Waals surface area contributed by atoms with Gasteiger partial charge in [0.25, 0.3) is 0 Å². The summed E-state index contributed by atoms with van der Waals surface area (Å²) in [6.45, 7) is 5.00. The molecule has 1 saturated heterocycles. The molecule has 2 unspecified atom stereocenters. The van der Waals surface area contributed by atoms with E-state index in [1.165, 1.54) is 11.8 Å². The lowest BCUT2D eigenvalue weighted by molar-refractivity contribution is -0.134. The van der Waals surface area contributed by atoms with E-state index in [0.29, 0.717) is 18.2 Å². The van der Waals surface area contributed by atoms with Gasteiger partial charge in [0.05, 0.1) is 16.7 Å². The normalized spacial score (nSPS) is 18.5. The second kappa shape index (κ2) is 7.43. The lowest BCUT2D eigenvalue weighted by atomic mass is 9.97. The van der Waals surface area contributed by atoms with E-state index in [2.05, 4.69) is 23.2 Å².